The largest absolute Gasteiger partial charge is 0.444 e. The number of anilines is 2. The van der Waals surface area contributed by atoms with E-state index in [1.165, 1.54) is 6.33 Å². The molecular formula is C21H28N8O2. The number of ether oxygens (including phenoxy) is 1. The summed E-state index contributed by atoms with van der Waals surface area (Å²) < 4.78 is 7.21. The maximum atomic E-state index is 12.2. The predicted octanol–water partition coefficient (Wildman–Crippen LogP) is 2.57. The Kier molecular flexibility index (Phi) is 5.38. The SMILES string of the molecule is Cc1cc(-c2cc(N3CCC[C@@H](NC(=O)OC(C)(C)C)C3)c3c(N)ncnn23)cnn1. The molecule has 1 atom stereocenters. The van der Waals surface area contributed by atoms with E-state index < -0.39 is 11.7 Å². The van der Waals surface area contributed by atoms with Gasteiger partial charge in [-0.2, -0.15) is 15.3 Å². The number of carbonyl (C=O) groups is 1. The first-order valence-electron chi connectivity index (χ1n) is 10.4. The molecule has 4 heterocycles. The molecule has 0 bridgehead atoms. The van der Waals surface area contributed by atoms with Crippen LogP contribution >= 0.6 is 0 Å². The fraction of sp³-hybridized carbons (Fsp3) is 0.476. The second-order valence-electron chi connectivity index (χ2n) is 8.84. The van der Waals surface area contributed by atoms with Crippen LogP contribution in [-0.4, -0.2) is 55.6 Å². The van der Waals surface area contributed by atoms with Gasteiger partial charge in [-0.1, -0.05) is 0 Å². The molecule has 3 aromatic heterocycles. The molecule has 1 aliphatic heterocycles. The van der Waals surface area contributed by atoms with Gasteiger partial charge in [0.05, 0.1) is 23.3 Å². The number of nitrogens with zero attached hydrogens (tertiary/aromatic N) is 6. The third kappa shape index (κ3) is 4.52. The molecule has 3 N–H and O–H groups in total. The number of piperidine rings is 1. The number of nitrogens with one attached hydrogen (secondary N) is 1. The first-order chi connectivity index (χ1) is 14.7. The Morgan fingerprint density at radius 3 is 2.87 bits per heavy atom. The van der Waals surface area contributed by atoms with Gasteiger partial charge in [-0.3, -0.25) is 0 Å². The van der Waals surface area contributed by atoms with E-state index in [4.69, 9.17) is 10.5 Å². The number of alkyl carbamates (subject to hydrolysis) is 1. The Morgan fingerprint density at radius 2 is 2.13 bits per heavy atom. The van der Waals surface area contributed by atoms with Crippen LogP contribution < -0.4 is 16.0 Å². The lowest BCUT2D eigenvalue weighted by Crippen LogP contribution is -2.49. The quantitative estimate of drug-likeness (QED) is 0.657. The van der Waals surface area contributed by atoms with Gasteiger partial charge in [0, 0.05) is 24.7 Å². The summed E-state index contributed by atoms with van der Waals surface area (Å²) in [6.07, 6.45) is 4.56. The smallest absolute Gasteiger partial charge is 0.407 e. The number of aromatic nitrogens is 5. The second-order valence-corrected chi connectivity index (χ2v) is 8.84. The minimum Gasteiger partial charge on any atom is -0.444 e. The van der Waals surface area contributed by atoms with Gasteiger partial charge < -0.3 is 20.7 Å². The molecule has 0 spiro atoms. The van der Waals surface area contributed by atoms with Crippen molar-refractivity contribution in [3.05, 3.63) is 30.4 Å². The molecular weight excluding hydrogens is 396 g/mol. The van der Waals surface area contributed by atoms with Crippen molar-refractivity contribution in [1.82, 2.24) is 30.1 Å². The van der Waals surface area contributed by atoms with Crippen molar-refractivity contribution >= 4 is 23.1 Å². The number of carbonyl (C=O) groups excluding carboxylic acids is 1. The van der Waals surface area contributed by atoms with Gasteiger partial charge in [0.15, 0.2) is 5.82 Å². The summed E-state index contributed by atoms with van der Waals surface area (Å²) in [5.41, 5.74) is 9.96. The first-order valence-corrected chi connectivity index (χ1v) is 10.4. The monoisotopic (exact) mass is 424 g/mol. The molecule has 31 heavy (non-hydrogen) atoms. The Labute approximate surface area is 180 Å². The van der Waals surface area contributed by atoms with Gasteiger partial charge in [-0.25, -0.2) is 14.3 Å². The van der Waals surface area contributed by atoms with E-state index in [2.05, 4.69) is 30.5 Å². The number of fused-ring (bicyclic) bond motifs is 1. The number of rotatable bonds is 3. The van der Waals surface area contributed by atoms with Crippen LogP contribution in [0.5, 0.6) is 0 Å². The molecule has 164 valence electrons. The molecule has 1 saturated heterocycles. The fourth-order valence-electron chi connectivity index (χ4n) is 3.90. The van der Waals surface area contributed by atoms with Crippen molar-refractivity contribution in [1.29, 1.82) is 0 Å². The van der Waals surface area contributed by atoms with Crippen LogP contribution in [0, 0.1) is 6.92 Å². The minimum absolute atomic E-state index is 0.0299. The maximum Gasteiger partial charge on any atom is 0.407 e. The molecule has 10 heteroatoms. The number of hydrogen-bond donors (Lipinski definition) is 2. The van der Waals surface area contributed by atoms with Crippen molar-refractivity contribution in [2.75, 3.05) is 23.7 Å². The summed E-state index contributed by atoms with van der Waals surface area (Å²) in [5, 5.41) is 15.5. The van der Waals surface area contributed by atoms with E-state index in [-0.39, 0.29) is 6.04 Å². The van der Waals surface area contributed by atoms with E-state index in [1.54, 1.807) is 10.7 Å². The Bertz CT molecular complexity index is 1100. The lowest BCUT2D eigenvalue weighted by Gasteiger charge is -2.34. The molecule has 4 rings (SSSR count). The Morgan fingerprint density at radius 1 is 1.32 bits per heavy atom. The summed E-state index contributed by atoms with van der Waals surface area (Å²) in [7, 11) is 0. The average Bonchev–Trinajstić information content (AvgIpc) is 3.08. The predicted molar refractivity (Wildman–Crippen MR) is 118 cm³/mol. The average molecular weight is 425 g/mol. The molecule has 1 fully saturated rings. The van der Waals surface area contributed by atoms with E-state index in [1.807, 2.05) is 39.8 Å². The van der Waals surface area contributed by atoms with E-state index >= 15 is 0 Å². The zero-order valence-electron chi connectivity index (χ0n) is 18.3. The van der Waals surface area contributed by atoms with Crippen LogP contribution in [-0.2, 0) is 4.74 Å². The lowest BCUT2D eigenvalue weighted by atomic mass is 10.1. The number of nitrogen functional groups attached to an aromatic ring is 1. The summed E-state index contributed by atoms with van der Waals surface area (Å²) >= 11 is 0. The van der Waals surface area contributed by atoms with E-state index in [0.717, 1.165) is 47.5 Å². The highest BCUT2D eigenvalue weighted by molar-refractivity contribution is 5.88. The number of nitrogens with two attached hydrogens (primary N) is 1. The molecule has 1 aliphatic rings. The van der Waals surface area contributed by atoms with Crippen LogP contribution in [0.15, 0.2) is 24.7 Å². The molecule has 0 radical (unpaired) electrons. The van der Waals surface area contributed by atoms with E-state index in [0.29, 0.717) is 12.4 Å². The Balaban J connectivity index is 1.65. The van der Waals surface area contributed by atoms with Crippen molar-refractivity contribution in [3.63, 3.8) is 0 Å². The molecule has 0 saturated carbocycles. The van der Waals surface area contributed by atoms with Gasteiger partial charge in [-0.05, 0) is 52.7 Å². The van der Waals surface area contributed by atoms with Crippen LogP contribution in [0.1, 0.15) is 39.3 Å². The third-order valence-electron chi connectivity index (χ3n) is 5.12. The van der Waals surface area contributed by atoms with Crippen molar-refractivity contribution in [2.24, 2.45) is 0 Å². The van der Waals surface area contributed by atoms with Crippen LogP contribution in [0.3, 0.4) is 0 Å². The topological polar surface area (TPSA) is 124 Å². The highest BCUT2D eigenvalue weighted by atomic mass is 16.6. The molecule has 10 nitrogen and oxygen atoms in total. The van der Waals surface area contributed by atoms with Gasteiger partial charge in [0.1, 0.15) is 17.4 Å². The van der Waals surface area contributed by atoms with Gasteiger partial charge in [0.2, 0.25) is 0 Å². The normalized spacial score (nSPS) is 17.0. The maximum absolute atomic E-state index is 12.2. The lowest BCUT2D eigenvalue weighted by molar-refractivity contribution is 0.0500. The number of aryl methyl sites for hydroxylation is 1. The third-order valence-corrected chi connectivity index (χ3v) is 5.12. The number of amides is 1. The molecule has 0 unspecified atom stereocenters. The van der Waals surface area contributed by atoms with Gasteiger partial charge in [-0.15, -0.1) is 0 Å². The Hall–Kier alpha value is -3.43. The molecule has 0 aromatic carbocycles. The summed E-state index contributed by atoms with van der Waals surface area (Å²) in [4.78, 5) is 18.7. The molecule has 1 amide bonds. The van der Waals surface area contributed by atoms with Gasteiger partial charge in [0.25, 0.3) is 0 Å². The molecule has 0 aliphatic carbocycles. The van der Waals surface area contributed by atoms with Crippen LogP contribution in [0.25, 0.3) is 16.8 Å². The van der Waals surface area contributed by atoms with Crippen molar-refractivity contribution < 1.29 is 9.53 Å². The minimum atomic E-state index is -0.533. The van der Waals surface area contributed by atoms with Gasteiger partial charge >= 0.3 is 6.09 Å². The zero-order valence-corrected chi connectivity index (χ0v) is 18.3. The first kappa shape index (κ1) is 20.8. The fourth-order valence-corrected chi connectivity index (χ4v) is 3.90. The summed E-state index contributed by atoms with van der Waals surface area (Å²) in [5.74, 6) is 0.400. The molecule has 3 aromatic rings. The van der Waals surface area contributed by atoms with Crippen molar-refractivity contribution in [2.45, 2.75) is 52.2 Å². The van der Waals surface area contributed by atoms with Crippen molar-refractivity contribution in [3.8, 4) is 11.3 Å². The highest BCUT2D eigenvalue weighted by Gasteiger charge is 2.27. The second kappa shape index (κ2) is 8.01. The number of hydrogen-bond acceptors (Lipinski definition) is 8. The van der Waals surface area contributed by atoms with E-state index in [9.17, 15) is 4.79 Å². The summed E-state index contributed by atoms with van der Waals surface area (Å²) in [6, 6.07) is 3.98. The van der Waals surface area contributed by atoms with Crippen LogP contribution in [0.2, 0.25) is 0 Å². The summed E-state index contributed by atoms with van der Waals surface area (Å²) in [6.45, 7) is 8.94. The highest BCUT2D eigenvalue weighted by Crippen LogP contribution is 2.35. The zero-order chi connectivity index (χ0) is 22.2. The van der Waals surface area contributed by atoms with Crippen LogP contribution in [0.4, 0.5) is 16.3 Å². The standard InChI is InChI=1S/C21H28N8O2/c1-13-8-14(10-24-27-13)16-9-17(18-19(22)23-12-25-29(16)18)28-7-5-6-15(11-28)26-20(30)31-21(2,3)4/h8-10,12,15H,5-7,11H2,1-4H3,(H,26,30)(H2,22,23,25)/t15-/m1/s1.